The van der Waals surface area contributed by atoms with Gasteiger partial charge < -0.3 is 15.8 Å². The van der Waals surface area contributed by atoms with Crippen LogP contribution in [0, 0.1) is 0 Å². The molecule has 3 N–H and O–H groups in total. The van der Waals surface area contributed by atoms with E-state index in [-0.39, 0.29) is 5.91 Å². The van der Waals surface area contributed by atoms with Crippen LogP contribution in [0.2, 0.25) is 5.02 Å². The topological polar surface area (TPSA) is 82.2 Å². The summed E-state index contributed by atoms with van der Waals surface area (Å²) in [7, 11) is 0. The Kier molecular flexibility index (Phi) is 6.19. The molecule has 1 aromatic heterocycles. The zero-order valence-electron chi connectivity index (χ0n) is 16.7. The maximum Gasteiger partial charge on any atom is 0.251 e. The second kappa shape index (κ2) is 9.36. The summed E-state index contributed by atoms with van der Waals surface area (Å²) >= 11 is 5.95. The lowest BCUT2D eigenvalue weighted by Gasteiger charge is -2.09. The number of nitrogens with two attached hydrogens (primary N) is 1. The van der Waals surface area contributed by atoms with Crippen molar-refractivity contribution in [3.8, 4) is 22.7 Å². The van der Waals surface area contributed by atoms with Crippen LogP contribution >= 0.6 is 11.6 Å². The summed E-state index contributed by atoms with van der Waals surface area (Å²) in [5.41, 5.74) is 9.13. The van der Waals surface area contributed by atoms with Gasteiger partial charge in [0.05, 0.1) is 17.9 Å². The number of carbonyl (C=O) groups excluding carboxylic acids is 1. The summed E-state index contributed by atoms with van der Waals surface area (Å²) in [5.74, 6) is 1.11. The first kappa shape index (κ1) is 20.5. The molecule has 0 atom stereocenters. The molecule has 4 aromatic rings. The Bertz CT molecular complexity index is 1160. The first-order valence-electron chi connectivity index (χ1n) is 9.78. The Balaban J connectivity index is 1.37. The summed E-state index contributed by atoms with van der Waals surface area (Å²) in [5, 5.41) is 8.09. The largest absolute Gasteiger partial charge is 0.492 e. The number of nitrogens with one attached hydrogen (secondary N) is 1. The first-order valence-corrected chi connectivity index (χ1v) is 10.2. The molecule has 0 aliphatic heterocycles. The third-order valence-corrected chi connectivity index (χ3v) is 4.90. The van der Waals surface area contributed by atoms with E-state index in [1.54, 1.807) is 22.9 Å². The molecule has 3 aromatic carbocycles. The van der Waals surface area contributed by atoms with Gasteiger partial charge in [0.15, 0.2) is 0 Å². The van der Waals surface area contributed by atoms with Gasteiger partial charge in [-0.25, -0.2) is 4.68 Å². The van der Waals surface area contributed by atoms with E-state index < -0.39 is 0 Å². The van der Waals surface area contributed by atoms with Gasteiger partial charge in [-0.3, -0.25) is 4.79 Å². The highest BCUT2D eigenvalue weighted by atomic mass is 35.5. The predicted octanol–water partition coefficient (Wildman–Crippen LogP) is 4.58. The number of benzene rings is 3. The van der Waals surface area contributed by atoms with E-state index in [0.29, 0.717) is 29.6 Å². The Morgan fingerprint density at radius 3 is 2.42 bits per heavy atom. The van der Waals surface area contributed by atoms with Crippen molar-refractivity contribution in [1.82, 2.24) is 15.1 Å². The van der Waals surface area contributed by atoms with Crippen molar-refractivity contribution in [3.63, 3.8) is 0 Å². The minimum atomic E-state index is -0.168. The molecule has 31 heavy (non-hydrogen) atoms. The predicted molar refractivity (Wildman–Crippen MR) is 123 cm³/mol. The Hall–Kier alpha value is -3.77. The van der Waals surface area contributed by atoms with E-state index >= 15 is 0 Å². The summed E-state index contributed by atoms with van der Waals surface area (Å²) in [6, 6.07) is 25.8. The maximum absolute atomic E-state index is 12.4. The number of hydrogen-bond donors (Lipinski definition) is 2. The fourth-order valence-electron chi connectivity index (χ4n) is 3.07. The summed E-state index contributed by atoms with van der Waals surface area (Å²) < 4.78 is 7.22. The average molecular weight is 433 g/mol. The molecule has 1 amide bonds. The standard InChI is InChI=1S/C24H21ClN4O2/c25-19-10-6-17(7-11-19)22-16-23(26)29(28-22)20-12-8-18(9-13-20)24(30)27-14-15-31-21-4-2-1-3-5-21/h1-13,16H,14-15,26H2,(H,27,30). The van der Waals surface area contributed by atoms with Crippen LogP contribution < -0.4 is 15.8 Å². The van der Waals surface area contributed by atoms with Gasteiger partial charge in [-0.05, 0) is 48.5 Å². The number of anilines is 1. The van der Waals surface area contributed by atoms with Gasteiger partial charge in [-0.15, -0.1) is 0 Å². The molecule has 4 rings (SSSR count). The number of carbonyl (C=O) groups is 1. The molecule has 1 heterocycles. The zero-order valence-corrected chi connectivity index (χ0v) is 17.4. The number of hydrogen-bond acceptors (Lipinski definition) is 4. The number of amides is 1. The number of nitrogen functional groups attached to an aromatic ring is 1. The molecule has 0 spiro atoms. The molecule has 0 radical (unpaired) electrons. The second-order valence-electron chi connectivity index (χ2n) is 6.84. The summed E-state index contributed by atoms with van der Waals surface area (Å²) in [6.07, 6.45) is 0. The van der Waals surface area contributed by atoms with Gasteiger partial charge >= 0.3 is 0 Å². The third kappa shape index (κ3) is 5.05. The molecular formula is C24H21ClN4O2. The van der Waals surface area contributed by atoms with E-state index in [9.17, 15) is 4.79 Å². The van der Waals surface area contributed by atoms with Crippen molar-refractivity contribution >= 4 is 23.3 Å². The lowest BCUT2D eigenvalue weighted by atomic mass is 10.1. The number of ether oxygens (including phenoxy) is 1. The number of halogens is 1. The van der Waals surface area contributed by atoms with E-state index in [0.717, 1.165) is 22.7 Å². The van der Waals surface area contributed by atoms with Crippen LogP contribution in [0.25, 0.3) is 16.9 Å². The van der Waals surface area contributed by atoms with Crippen LogP contribution in [0.3, 0.4) is 0 Å². The third-order valence-electron chi connectivity index (χ3n) is 4.65. The summed E-state index contributed by atoms with van der Waals surface area (Å²) in [6.45, 7) is 0.803. The van der Waals surface area contributed by atoms with Gasteiger partial charge in [0.2, 0.25) is 0 Å². The number of aromatic nitrogens is 2. The van der Waals surface area contributed by atoms with Crippen LogP contribution in [0.15, 0.2) is 84.9 Å². The molecule has 0 aliphatic carbocycles. The molecule has 0 aliphatic rings. The Morgan fingerprint density at radius 2 is 1.71 bits per heavy atom. The lowest BCUT2D eigenvalue weighted by Crippen LogP contribution is -2.28. The van der Waals surface area contributed by atoms with Crippen molar-refractivity contribution in [3.05, 3.63) is 95.5 Å². The van der Waals surface area contributed by atoms with Gasteiger partial charge in [-0.1, -0.05) is 41.9 Å². The van der Waals surface area contributed by atoms with Crippen molar-refractivity contribution in [2.45, 2.75) is 0 Å². The van der Waals surface area contributed by atoms with E-state index in [1.807, 2.05) is 66.7 Å². The number of para-hydroxylation sites is 1. The van der Waals surface area contributed by atoms with Crippen LogP contribution in [0.5, 0.6) is 5.75 Å². The fourth-order valence-corrected chi connectivity index (χ4v) is 3.20. The van der Waals surface area contributed by atoms with Gasteiger partial charge in [0.25, 0.3) is 5.91 Å². The molecule has 0 saturated carbocycles. The van der Waals surface area contributed by atoms with Crippen LogP contribution in [-0.4, -0.2) is 28.8 Å². The molecule has 6 nitrogen and oxygen atoms in total. The fraction of sp³-hybridized carbons (Fsp3) is 0.0833. The molecule has 0 unspecified atom stereocenters. The quantitative estimate of drug-likeness (QED) is 0.419. The monoisotopic (exact) mass is 432 g/mol. The zero-order chi connectivity index (χ0) is 21.6. The smallest absolute Gasteiger partial charge is 0.251 e. The molecule has 0 fully saturated rings. The van der Waals surface area contributed by atoms with E-state index in [1.165, 1.54) is 0 Å². The SMILES string of the molecule is Nc1cc(-c2ccc(Cl)cc2)nn1-c1ccc(C(=O)NCCOc2ccccc2)cc1. The molecule has 7 heteroatoms. The van der Waals surface area contributed by atoms with Gasteiger partial charge in [0.1, 0.15) is 18.2 Å². The highest BCUT2D eigenvalue weighted by molar-refractivity contribution is 6.30. The van der Waals surface area contributed by atoms with Crippen molar-refractivity contribution < 1.29 is 9.53 Å². The molecule has 156 valence electrons. The molecular weight excluding hydrogens is 412 g/mol. The van der Waals surface area contributed by atoms with E-state index in [4.69, 9.17) is 22.1 Å². The maximum atomic E-state index is 12.4. The second-order valence-corrected chi connectivity index (χ2v) is 7.27. The molecule has 0 bridgehead atoms. The van der Waals surface area contributed by atoms with Gasteiger partial charge in [0, 0.05) is 22.2 Å². The first-order chi connectivity index (χ1) is 15.1. The van der Waals surface area contributed by atoms with Crippen molar-refractivity contribution in [2.75, 3.05) is 18.9 Å². The molecule has 0 saturated heterocycles. The van der Waals surface area contributed by atoms with Crippen molar-refractivity contribution in [2.24, 2.45) is 0 Å². The minimum Gasteiger partial charge on any atom is -0.492 e. The Labute approximate surface area is 185 Å². The highest BCUT2D eigenvalue weighted by Crippen LogP contribution is 2.24. The number of nitrogens with zero attached hydrogens (tertiary/aromatic N) is 2. The minimum absolute atomic E-state index is 0.168. The van der Waals surface area contributed by atoms with Crippen LogP contribution in [0.1, 0.15) is 10.4 Å². The normalized spacial score (nSPS) is 10.6. The number of rotatable bonds is 7. The highest BCUT2D eigenvalue weighted by Gasteiger charge is 2.10. The lowest BCUT2D eigenvalue weighted by molar-refractivity contribution is 0.0947. The van der Waals surface area contributed by atoms with Crippen molar-refractivity contribution in [1.29, 1.82) is 0 Å². The van der Waals surface area contributed by atoms with Gasteiger partial charge in [-0.2, -0.15) is 5.10 Å². The van der Waals surface area contributed by atoms with E-state index in [2.05, 4.69) is 10.4 Å². The Morgan fingerprint density at radius 1 is 1.00 bits per heavy atom. The average Bonchev–Trinajstić information content (AvgIpc) is 3.19. The van der Waals surface area contributed by atoms with Crippen LogP contribution in [0.4, 0.5) is 5.82 Å². The summed E-state index contributed by atoms with van der Waals surface area (Å²) in [4.78, 5) is 12.4. The van der Waals surface area contributed by atoms with Crippen LogP contribution in [-0.2, 0) is 0 Å².